The minimum atomic E-state index is -1.14. The van der Waals surface area contributed by atoms with Gasteiger partial charge in [-0.1, -0.05) is 45.0 Å². The molecule has 0 fully saturated rings. The van der Waals surface area contributed by atoms with Crippen molar-refractivity contribution in [1.82, 2.24) is 0 Å². The third-order valence-corrected chi connectivity index (χ3v) is 4.27. The van der Waals surface area contributed by atoms with Gasteiger partial charge in [-0.25, -0.2) is 4.79 Å². The maximum atomic E-state index is 12.6. The van der Waals surface area contributed by atoms with Gasteiger partial charge in [-0.15, -0.1) is 0 Å². The Balaban J connectivity index is 1.85. The average Bonchev–Trinajstić information content (AvgIpc) is 3.12. The Kier molecular flexibility index (Phi) is 4.86. The molecule has 0 aliphatic heterocycles. The van der Waals surface area contributed by atoms with Gasteiger partial charge in [0.25, 0.3) is 5.91 Å². The lowest BCUT2D eigenvalue weighted by molar-refractivity contribution is 0.0663. The van der Waals surface area contributed by atoms with E-state index in [1.807, 2.05) is 12.1 Å². The topological polar surface area (TPSA) is 79.5 Å². The number of furan rings is 1. The van der Waals surface area contributed by atoms with E-state index in [0.29, 0.717) is 22.6 Å². The number of nitrogens with one attached hydrogen (secondary N) is 1. The molecule has 3 rings (SSSR count). The summed E-state index contributed by atoms with van der Waals surface area (Å²) >= 11 is 0. The van der Waals surface area contributed by atoms with E-state index in [1.54, 1.807) is 42.5 Å². The molecule has 0 saturated carbocycles. The molecule has 138 valence electrons. The van der Waals surface area contributed by atoms with Gasteiger partial charge >= 0.3 is 5.97 Å². The summed E-state index contributed by atoms with van der Waals surface area (Å²) in [6.07, 6.45) is 0. The van der Waals surface area contributed by atoms with E-state index >= 15 is 0 Å². The molecule has 0 aliphatic rings. The Morgan fingerprint density at radius 2 is 1.59 bits per heavy atom. The van der Waals surface area contributed by atoms with Crippen LogP contribution < -0.4 is 5.32 Å². The van der Waals surface area contributed by atoms with Gasteiger partial charge in [-0.3, -0.25) is 4.79 Å². The minimum absolute atomic E-state index is 0.0166. The van der Waals surface area contributed by atoms with Crippen LogP contribution >= 0.6 is 0 Å². The summed E-state index contributed by atoms with van der Waals surface area (Å²) < 4.78 is 5.36. The first kappa shape index (κ1) is 18.5. The number of aromatic carboxylic acids is 1. The van der Waals surface area contributed by atoms with Crippen LogP contribution in [0.5, 0.6) is 0 Å². The second-order valence-corrected chi connectivity index (χ2v) is 7.30. The average molecular weight is 363 g/mol. The van der Waals surface area contributed by atoms with Crippen LogP contribution in [0.2, 0.25) is 0 Å². The number of benzene rings is 2. The van der Waals surface area contributed by atoms with Gasteiger partial charge < -0.3 is 14.8 Å². The molecule has 2 aromatic carbocycles. The fraction of sp³-hybridized carbons (Fsp3) is 0.182. The molecule has 3 aromatic rings. The van der Waals surface area contributed by atoms with Crippen molar-refractivity contribution >= 4 is 17.6 Å². The van der Waals surface area contributed by atoms with Crippen LogP contribution in [-0.2, 0) is 5.41 Å². The molecule has 2 N–H and O–H groups in total. The molecule has 0 spiro atoms. The minimum Gasteiger partial charge on any atom is -0.475 e. The molecule has 1 aromatic heterocycles. The van der Waals surface area contributed by atoms with Crippen molar-refractivity contribution in [3.8, 4) is 11.3 Å². The Labute approximate surface area is 157 Å². The summed E-state index contributed by atoms with van der Waals surface area (Å²) in [6, 6.07) is 17.6. The van der Waals surface area contributed by atoms with Gasteiger partial charge in [0.1, 0.15) is 5.76 Å². The Hall–Kier alpha value is -3.34. The maximum absolute atomic E-state index is 12.6. The zero-order valence-electron chi connectivity index (χ0n) is 15.4. The first-order valence-electron chi connectivity index (χ1n) is 8.60. The van der Waals surface area contributed by atoms with Gasteiger partial charge in [0.05, 0.1) is 5.69 Å². The van der Waals surface area contributed by atoms with Gasteiger partial charge in [0.15, 0.2) is 0 Å². The largest absolute Gasteiger partial charge is 0.475 e. The number of carbonyl (C=O) groups excluding carboxylic acids is 1. The predicted octanol–water partition coefficient (Wildman–Crippen LogP) is 5.19. The predicted molar refractivity (Wildman–Crippen MR) is 104 cm³/mol. The monoisotopic (exact) mass is 363 g/mol. The van der Waals surface area contributed by atoms with Crippen molar-refractivity contribution in [2.45, 2.75) is 26.2 Å². The number of carbonyl (C=O) groups is 2. The standard InChI is InChI=1S/C22H21NO4/c1-22(2,3)15-10-8-14(9-11-15)20(24)23-17-7-5-4-6-16(17)18-12-13-19(27-18)21(25)26/h4-13H,1-3H3,(H,23,24)(H,25,26). The third-order valence-electron chi connectivity index (χ3n) is 4.27. The lowest BCUT2D eigenvalue weighted by atomic mass is 9.86. The molecule has 1 heterocycles. The van der Waals surface area contributed by atoms with E-state index in [9.17, 15) is 9.59 Å². The maximum Gasteiger partial charge on any atom is 0.371 e. The second-order valence-electron chi connectivity index (χ2n) is 7.30. The Bertz CT molecular complexity index is 978. The summed E-state index contributed by atoms with van der Waals surface area (Å²) in [7, 11) is 0. The van der Waals surface area contributed by atoms with Crippen LogP contribution in [0.15, 0.2) is 65.1 Å². The number of carboxylic acid groups (broad SMARTS) is 1. The molecular formula is C22H21NO4. The number of hydrogen-bond donors (Lipinski definition) is 2. The second kappa shape index (κ2) is 7.11. The number of carboxylic acids is 1. The molecule has 5 nitrogen and oxygen atoms in total. The van der Waals surface area contributed by atoms with Gasteiger partial charge in [-0.2, -0.15) is 0 Å². The van der Waals surface area contributed by atoms with Crippen molar-refractivity contribution in [3.05, 3.63) is 77.6 Å². The SMILES string of the molecule is CC(C)(C)c1ccc(C(=O)Nc2ccccc2-c2ccc(C(=O)O)o2)cc1. The highest BCUT2D eigenvalue weighted by Gasteiger charge is 2.17. The molecule has 5 heteroatoms. The van der Waals surface area contributed by atoms with Crippen molar-refractivity contribution in [2.75, 3.05) is 5.32 Å². The van der Waals surface area contributed by atoms with Crippen molar-refractivity contribution in [3.63, 3.8) is 0 Å². The number of rotatable bonds is 4. The van der Waals surface area contributed by atoms with Crippen molar-refractivity contribution < 1.29 is 19.1 Å². The fourth-order valence-corrected chi connectivity index (χ4v) is 2.72. The van der Waals surface area contributed by atoms with E-state index in [4.69, 9.17) is 9.52 Å². The normalized spacial score (nSPS) is 11.2. The fourth-order valence-electron chi connectivity index (χ4n) is 2.72. The van der Waals surface area contributed by atoms with E-state index in [-0.39, 0.29) is 17.1 Å². The van der Waals surface area contributed by atoms with Crippen LogP contribution in [-0.4, -0.2) is 17.0 Å². The van der Waals surface area contributed by atoms with Crippen LogP contribution in [0.1, 0.15) is 47.2 Å². The molecule has 0 bridgehead atoms. The van der Waals surface area contributed by atoms with E-state index in [0.717, 1.165) is 5.56 Å². The smallest absolute Gasteiger partial charge is 0.371 e. The van der Waals surface area contributed by atoms with Crippen molar-refractivity contribution in [2.24, 2.45) is 0 Å². The first-order chi connectivity index (χ1) is 12.8. The molecule has 0 aliphatic carbocycles. The summed E-state index contributed by atoms with van der Waals surface area (Å²) in [4.78, 5) is 23.7. The number of anilines is 1. The molecule has 1 amide bonds. The van der Waals surface area contributed by atoms with Crippen molar-refractivity contribution in [1.29, 1.82) is 0 Å². The van der Waals surface area contributed by atoms with Crippen LogP contribution in [0.3, 0.4) is 0 Å². The highest BCUT2D eigenvalue weighted by Crippen LogP contribution is 2.30. The van der Waals surface area contributed by atoms with Crippen LogP contribution in [0, 0.1) is 0 Å². The zero-order chi connectivity index (χ0) is 19.6. The molecule has 0 atom stereocenters. The van der Waals surface area contributed by atoms with Gasteiger partial charge in [0, 0.05) is 11.1 Å². The third kappa shape index (κ3) is 4.08. The summed E-state index contributed by atoms with van der Waals surface area (Å²) in [5.74, 6) is -1.15. The van der Waals surface area contributed by atoms with Crippen LogP contribution in [0.25, 0.3) is 11.3 Å². The first-order valence-corrected chi connectivity index (χ1v) is 8.60. The number of para-hydroxylation sites is 1. The molecule has 27 heavy (non-hydrogen) atoms. The van der Waals surface area contributed by atoms with E-state index in [2.05, 4.69) is 26.1 Å². The lowest BCUT2D eigenvalue weighted by Gasteiger charge is -2.19. The van der Waals surface area contributed by atoms with Gasteiger partial charge in [-0.05, 0) is 47.4 Å². The Morgan fingerprint density at radius 3 is 2.19 bits per heavy atom. The molecular weight excluding hydrogens is 342 g/mol. The van der Waals surface area contributed by atoms with Gasteiger partial charge in [0.2, 0.25) is 5.76 Å². The summed E-state index contributed by atoms with van der Waals surface area (Å²) in [5.41, 5.74) is 2.88. The lowest BCUT2D eigenvalue weighted by Crippen LogP contribution is -2.14. The Morgan fingerprint density at radius 1 is 0.926 bits per heavy atom. The molecule has 0 saturated heterocycles. The van der Waals surface area contributed by atoms with E-state index in [1.165, 1.54) is 6.07 Å². The van der Waals surface area contributed by atoms with Crippen LogP contribution in [0.4, 0.5) is 5.69 Å². The quantitative estimate of drug-likeness (QED) is 0.668. The summed E-state index contributed by atoms with van der Waals surface area (Å²) in [5, 5.41) is 11.9. The van der Waals surface area contributed by atoms with E-state index < -0.39 is 5.97 Å². The molecule has 0 radical (unpaired) electrons. The summed E-state index contributed by atoms with van der Waals surface area (Å²) in [6.45, 7) is 6.35. The number of amides is 1. The highest BCUT2D eigenvalue weighted by atomic mass is 16.4. The highest BCUT2D eigenvalue weighted by molar-refractivity contribution is 6.06. The number of hydrogen-bond acceptors (Lipinski definition) is 3. The molecule has 0 unspecified atom stereocenters. The zero-order valence-corrected chi connectivity index (χ0v) is 15.4.